The van der Waals surface area contributed by atoms with E-state index in [1.165, 1.54) is 24.3 Å². The summed E-state index contributed by atoms with van der Waals surface area (Å²) in [5.41, 5.74) is 3.35. The van der Waals surface area contributed by atoms with Crippen LogP contribution in [0.3, 0.4) is 0 Å². The highest BCUT2D eigenvalue weighted by atomic mass is 32.2. The fourth-order valence-corrected chi connectivity index (χ4v) is 4.30. The number of aromatic nitrogens is 2. The molecular formula is C24H24N4O5S. The van der Waals surface area contributed by atoms with Gasteiger partial charge in [-0.3, -0.25) is 0 Å². The predicted octanol–water partition coefficient (Wildman–Crippen LogP) is 3.83. The van der Waals surface area contributed by atoms with Crippen LogP contribution < -0.4 is 10.5 Å². The monoisotopic (exact) mass is 480 g/mol. The molecule has 0 spiro atoms. The maximum Gasteiger partial charge on any atom is 0.335 e. The Morgan fingerprint density at radius 2 is 1.79 bits per heavy atom. The molecule has 10 heteroatoms. The zero-order chi connectivity index (χ0) is 24.5. The summed E-state index contributed by atoms with van der Waals surface area (Å²) < 4.78 is 24.9. The third kappa shape index (κ3) is 4.73. The summed E-state index contributed by atoms with van der Waals surface area (Å²) in [7, 11) is -3.82. The third-order valence-electron chi connectivity index (χ3n) is 5.49. The number of benzene rings is 3. The van der Waals surface area contributed by atoms with E-state index in [0.717, 1.165) is 18.4 Å². The number of primary sulfonamides is 1. The van der Waals surface area contributed by atoms with Crippen LogP contribution in [0.15, 0.2) is 65.6 Å². The second-order valence-electron chi connectivity index (χ2n) is 7.90. The molecule has 0 saturated heterocycles. The van der Waals surface area contributed by atoms with E-state index in [4.69, 9.17) is 5.14 Å². The number of aryl methyl sites for hydroxylation is 1. The van der Waals surface area contributed by atoms with Crippen molar-refractivity contribution >= 4 is 38.7 Å². The Kier molecular flexibility index (Phi) is 6.27. The number of rotatable bonds is 8. The van der Waals surface area contributed by atoms with Gasteiger partial charge in [0.05, 0.1) is 28.0 Å². The number of carboxylic acids is 1. The standard InChI is InChI=1S/C24H24N4O5S/c1-2-4-15-5-3-6-17(22(15)29)14-28-21-12-7-16(23(30)31)13-20(21)27-24(28)26-18-8-10-19(11-9-18)34(25,32)33/h3,5-13,29H,2,4,14H2,1H3,(H,26,27)(H,30,31)(H2,25,32,33). The number of nitrogens with one attached hydrogen (secondary N) is 1. The number of nitrogens with zero attached hydrogens (tertiary/aromatic N) is 2. The zero-order valence-corrected chi connectivity index (χ0v) is 19.2. The Morgan fingerprint density at radius 1 is 1.09 bits per heavy atom. The van der Waals surface area contributed by atoms with Crippen LogP contribution in [-0.4, -0.2) is 34.2 Å². The van der Waals surface area contributed by atoms with E-state index >= 15 is 0 Å². The zero-order valence-electron chi connectivity index (χ0n) is 18.4. The molecule has 4 rings (SSSR count). The summed E-state index contributed by atoms with van der Waals surface area (Å²) in [5, 5.41) is 28.5. The molecule has 0 atom stereocenters. The largest absolute Gasteiger partial charge is 0.507 e. The lowest BCUT2D eigenvalue weighted by atomic mass is 10.0. The summed E-state index contributed by atoms with van der Waals surface area (Å²) in [4.78, 5) is 16.0. The summed E-state index contributed by atoms with van der Waals surface area (Å²) in [6, 6.07) is 16.2. The van der Waals surface area contributed by atoms with Crippen molar-refractivity contribution in [1.29, 1.82) is 0 Å². The minimum absolute atomic E-state index is 0.0182. The normalized spacial score (nSPS) is 11.6. The van der Waals surface area contributed by atoms with Crippen LogP contribution in [0.2, 0.25) is 0 Å². The Bertz CT molecular complexity index is 1480. The van der Waals surface area contributed by atoms with Gasteiger partial charge in [-0.15, -0.1) is 0 Å². The molecule has 0 amide bonds. The quantitative estimate of drug-likeness (QED) is 0.299. The van der Waals surface area contributed by atoms with Gasteiger partial charge in [0.1, 0.15) is 5.75 Å². The molecule has 0 radical (unpaired) electrons. The van der Waals surface area contributed by atoms with E-state index in [0.29, 0.717) is 28.2 Å². The number of aromatic hydroxyl groups is 1. The smallest absolute Gasteiger partial charge is 0.335 e. The first-order chi connectivity index (χ1) is 16.2. The average Bonchev–Trinajstić information content (AvgIpc) is 3.12. The number of nitrogens with two attached hydrogens (primary N) is 1. The average molecular weight is 481 g/mol. The van der Waals surface area contributed by atoms with Gasteiger partial charge in [-0.25, -0.2) is 23.3 Å². The fraction of sp³-hybridized carbons (Fsp3) is 0.167. The number of hydrogen-bond donors (Lipinski definition) is 4. The first kappa shape index (κ1) is 23.3. The summed E-state index contributed by atoms with van der Waals surface area (Å²) in [6.45, 7) is 2.32. The maximum absolute atomic E-state index is 11.5. The molecule has 4 aromatic rings. The van der Waals surface area contributed by atoms with E-state index in [1.807, 2.05) is 29.7 Å². The number of anilines is 2. The first-order valence-corrected chi connectivity index (χ1v) is 12.1. The van der Waals surface area contributed by atoms with Gasteiger partial charge in [-0.2, -0.15) is 0 Å². The number of phenols is 1. The topological polar surface area (TPSA) is 148 Å². The highest BCUT2D eigenvalue weighted by Gasteiger charge is 2.17. The lowest BCUT2D eigenvalue weighted by Crippen LogP contribution is -2.12. The van der Waals surface area contributed by atoms with Crippen molar-refractivity contribution in [1.82, 2.24) is 9.55 Å². The number of sulfonamides is 1. The Labute approximate surface area is 196 Å². The van der Waals surface area contributed by atoms with Crippen molar-refractivity contribution in [2.45, 2.75) is 31.2 Å². The number of aromatic carboxylic acids is 1. The molecule has 0 saturated carbocycles. The van der Waals surface area contributed by atoms with Crippen molar-refractivity contribution in [2.75, 3.05) is 5.32 Å². The van der Waals surface area contributed by atoms with Crippen LogP contribution in [-0.2, 0) is 23.0 Å². The number of para-hydroxylation sites is 1. The lowest BCUT2D eigenvalue weighted by Gasteiger charge is -2.14. The Hall–Kier alpha value is -3.89. The van der Waals surface area contributed by atoms with E-state index in [-0.39, 0.29) is 22.8 Å². The molecule has 176 valence electrons. The van der Waals surface area contributed by atoms with Crippen molar-refractivity contribution in [2.24, 2.45) is 5.14 Å². The third-order valence-corrected chi connectivity index (χ3v) is 6.41. The number of hydrogen-bond acceptors (Lipinski definition) is 6. The molecule has 0 bridgehead atoms. The van der Waals surface area contributed by atoms with Crippen LogP contribution in [0.4, 0.5) is 11.6 Å². The van der Waals surface area contributed by atoms with E-state index in [9.17, 15) is 23.4 Å². The Balaban J connectivity index is 1.78. The number of phenolic OH excluding ortho intramolecular Hbond substituents is 1. The van der Waals surface area contributed by atoms with Crippen LogP contribution in [0.1, 0.15) is 34.8 Å². The van der Waals surface area contributed by atoms with E-state index in [2.05, 4.69) is 10.3 Å². The van der Waals surface area contributed by atoms with Crippen LogP contribution in [0.5, 0.6) is 5.75 Å². The molecule has 34 heavy (non-hydrogen) atoms. The van der Waals surface area contributed by atoms with Gasteiger partial charge in [0.15, 0.2) is 0 Å². The van der Waals surface area contributed by atoms with Crippen molar-refractivity contribution < 1.29 is 23.4 Å². The summed E-state index contributed by atoms with van der Waals surface area (Å²) in [6.07, 6.45) is 1.64. The van der Waals surface area contributed by atoms with Crippen LogP contribution >= 0.6 is 0 Å². The van der Waals surface area contributed by atoms with Gasteiger partial charge in [0.25, 0.3) is 0 Å². The number of carboxylic acid groups (broad SMARTS) is 1. The molecule has 0 fully saturated rings. The summed E-state index contributed by atoms with van der Waals surface area (Å²) in [5.74, 6) is -0.438. The molecule has 0 unspecified atom stereocenters. The molecule has 5 N–H and O–H groups in total. The molecule has 3 aromatic carbocycles. The molecule has 9 nitrogen and oxygen atoms in total. The minimum atomic E-state index is -3.82. The van der Waals surface area contributed by atoms with Crippen LogP contribution in [0, 0.1) is 0 Å². The van der Waals surface area contributed by atoms with E-state index < -0.39 is 16.0 Å². The van der Waals surface area contributed by atoms with Crippen molar-refractivity contribution in [3.8, 4) is 5.75 Å². The number of fused-ring (bicyclic) bond motifs is 1. The molecule has 1 heterocycles. The highest BCUT2D eigenvalue weighted by molar-refractivity contribution is 7.89. The van der Waals surface area contributed by atoms with Gasteiger partial charge >= 0.3 is 5.97 Å². The maximum atomic E-state index is 11.5. The molecular weight excluding hydrogens is 456 g/mol. The van der Waals surface area contributed by atoms with Gasteiger partial charge in [-0.1, -0.05) is 31.5 Å². The molecule has 0 aliphatic carbocycles. The van der Waals surface area contributed by atoms with Gasteiger partial charge in [-0.05, 0) is 54.4 Å². The SMILES string of the molecule is CCCc1cccc(Cn2c(Nc3ccc(S(N)(=O)=O)cc3)nc3cc(C(=O)O)ccc32)c1O. The summed E-state index contributed by atoms with van der Waals surface area (Å²) >= 11 is 0. The second-order valence-corrected chi connectivity index (χ2v) is 9.46. The molecule has 0 aliphatic heterocycles. The lowest BCUT2D eigenvalue weighted by molar-refractivity contribution is 0.0697. The fourth-order valence-electron chi connectivity index (χ4n) is 3.79. The number of carbonyl (C=O) groups is 1. The van der Waals surface area contributed by atoms with Crippen molar-refractivity contribution in [3.63, 3.8) is 0 Å². The second kappa shape index (κ2) is 9.16. The predicted molar refractivity (Wildman–Crippen MR) is 129 cm³/mol. The first-order valence-electron chi connectivity index (χ1n) is 10.6. The van der Waals surface area contributed by atoms with Crippen molar-refractivity contribution in [3.05, 3.63) is 77.4 Å². The van der Waals surface area contributed by atoms with Gasteiger partial charge in [0, 0.05) is 11.3 Å². The van der Waals surface area contributed by atoms with Crippen LogP contribution in [0.25, 0.3) is 11.0 Å². The van der Waals surface area contributed by atoms with Gasteiger partial charge < -0.3 is 20.1 Å². The molecule has 0 aliphatic rings. The van der Waals surface area contributed by atoms with Gasteiger partial charge in [0.2, 0.25) is 16.0 Å². The molecule has 1 aromatic heterocycles. The number of imidazole rings is 1. The minimum Gasteiger partial charge on any atom is -0.507 e. The van der Waals surface area contributed by atoms with E-state index in [1.54, 1.807) is 18.2 Å². The highest BCUT2D eigenvalue weighted by Crippen LogP contribution is 2.30. The Morgan fingerprint density at radius 3 is 2.44 bits per heavy atom.